The maximum atomic E-state index is 10.9. The van der Waals surface area contributed by atoms with E-state index < -0.39 is 5.91 Å². The van der Waals surface area contributed by atoms with Gasteiger partial charge in [0.2, 0.25) is 5.91 Å². The zero-order valence-corrected chi connectivity index (χ0v) is 7.56. The minimum atomic E-state index is -0.529. The molecule has 74 valence electrons. The van der Waals surface area contributed by atoms with Gasteiger partial charge in [0, 0.05) is 6.20 Å². The SMILES string of the molecule is NC(=O)c1cnc(N)c(OC2CC2)c1. The van der Waals surface area contributed by atoms with Crippen molar-refractivity contribution in [3.8, 4) is 5.75 Å². The average Bonchev–Trinajstić information content (AvgIpc) is 2.92. The van der Waals surface area contributed by atoms with Gasteiger partial charge in [0.1, 0.15) is 0 Å². The molecule has 4 N–H and O–H groups in total. The Kier molecular flexibility index (Phi) is 1.99. The lowest BCUT2D eigenvalue weighted by atomic mass is 10.2. The molecule has 0 saturated heterocycles. The van der Waals surface area contributed by atoms with Gasteiger partial charge in [0.05, 0.1) is 11.7 Å². The van der Waals surface area contributed by atoms with E-state index in [1.165, 1.54) is 12.3 Å². The van der Waals surface area contributed by atoms with Crippen molar-refractivity contribution in [3.05, 3.63) is 17.8 Å². The minimum Gasteiger partial charge on any atom is -0.487 e. The number of pyridine rings is 1. The Morgan fingerprint density at radius 3 is 2.86 bits per heavy atom. The largest absolute Gasteiger partial charge is 0.487 e. The van der Waals surface area contributed by atoms with Gasteiger partial charge in [-0.3, -0.25) is 4.79 Å². The molecule has 0 aliphatic heterocycles. The second kappa shape index (κ2) is 3.17. The van der Waals surface area contributed by atoms with Gasteiger partial charge in [0.15, 0.2) is 11.6 Å². The van der Waals surface area contributed by atoms with E-state index in [9.17, 15) is 4.79 Å². The number of amides is 1. The van der Waals surface area contributed by atoms with Crippen molar-refractivity contribution in [3.63, 3.8) is 0 Å². The van der Waals surface area contributed by atoms with E-state index in [1.807, 2.05) is 0 Å². The molecule has 1 aromatic rings. The number of carbonyl (C=O) groups excluding carboxylic acids is 1. The molecule has 1 fully saturated rings. The fraction of sp³-hybridized carbons (Fsp3) is 0.333. The quantitative estimate of drug-likeness (QED) is 0.722. The van der Waals surface area contributed by atoms with Gasteiger partial charge in [-0.1, -0.05) is 0 Å². The first-order chi connectivity index (χ1) is 6.66. The monoisotopic (exact) mass is 193 g/mol. The third kappa shape index (κ3) is 1.76. The van der Waals surface area contributed by atoms with Gasteiger partial charge in [-0.2, -0.15) is 0 Å². The van der Waals surface area contributed by atoms with Crippen molar-refractivity contribution < 1.29 is 9.53 Å². The maximum Gasteiger partial charge on any atom is 0.250 e. The molecule has 1 aromatic heterocycles. The van der Waals surface area contributed by atoms with Crippen LogP contribution in [0, 0.1) is 0 Å². The summed E-state index contributed by atoms with van der Waals surface area (Å²) in [7, 11) is 0. The Morgan fingerprint density at radius 1 is 1.57 bits per heavy atom. The number of hydrogen-bond acceptors (Lipinski definition) is 4. The normalized spacial score (nSPS) is 15.1. The topological polar surface area (TPSA) is 91.2 Å². The summed E-state index contributed by atoms with van der Waals surface area (Å²) >= 11 is 0. The summed E-state index contributed by atoms with van der Waals surface area (Å²) in [4.78, 5) is 14.7. The molecule has 5 nitrogen and oxygen atoms in total. The fourth-order valence-electron chi connectivity index (χ4n) is 1.05. The van der Waals surface area contributed by atoms with Crippen LogP contribution in [-0.2, 0) is 0 Å². The molecule has 0 spiro atoms. The van der Waals surface area contributed by atoms with Crippen molar-refractivity contribution in [1.29, 1.82) is 0 Å². The van der Waals surface area contributed by atoms with Crippen LogP contribution in [0.1, 0.15) is 23.2 Å². The number of ether oxygens (including phenoxy) is 1. The van der Waals surface area contributed by atoms with E-state index in [2.05, 4.69) is 4.98 Å². The average molecular weight is 193 g/mol. The first kappa shape index (κ1) is 8.80. The zero-order chi connectivity index (χ0) is 10.1. The van der Waals surface area contributed by atoms with Crippen LogP contribution in [0.5, 0.6) is 5.75 Å². The lowest BCUT2D eigenvalue weighted by Crippen LogP contribution is -2.12. The highest BCUT2D eigenvalue weighted by molar-refractivity contribution is 5.93. The summed E-state index contributed by atoms with van der Waals surface area (Å²) < 4.78 is 5.45. The molecule has 1 aliphatic rings. The summed E-state index contributed by atoms with van der Waals surface area (Å²) in [5.41, 5.74) is 11.0. The number of primary amides is 1. The molecule has 0 unspecified atom stereocenters. The zero-order valence-electron chi connectivity index (χ0n) is 7.56. The standard InChI is InChI=1S/C9H11N3O2/c10-8-7(14-6-1-2-6)3-5(4-12-8)9(11)13/h3-4,6H,1-2H2,(H2,10,12)(H2,11,13). The Bertz CT molecular complexity index is 374. The molecule has 1 aliphatic carbocycles. The van der Waals surface area contributed by atoms with Crippen molar-refractivity contribution in [2.75, 3.05) is 5.73 Å². The second-order valence-electron chi connectivity index (χ2n) is 3.29. The molecule has 0 atom stereocenters. The molecule has 0 radical (unpaired) electrons. The molecule has 5 heteroatoms. The molecule has 2 rings (SSSR count). The minimum absolute atomic E-state index is 0.224. The van der Waals surface area contributed by atoms with E-state index >= 15 is 0 Å². The van der Waals surface area contributed by atoms with Crippen molar-refractivity contribution >= 4 is 11.7 Å². The van der Waals surface area contributed by atoms with Gasteiger partial charge >= 0.3 is 0 Å². The lowest BCUT2D eigenvalue weighted by Gasteiger charge is -2.07. The Labute approximate surface area is 81.1 Å². The van der Waals surface area contributed by atoms with E-state index in [4.69, 9.17) is 16.2 Å². The van der Waals surface area contributed by atoms with Crippen molar-refractivity contribution in [2.45, 2.75) is 18.9 Å². The molecule has 1 heterocycles. The highest BCUT2D eigenvalue weighted by Gasteiger charge is 2.24. The van der Waals surface area contributed by atoms with Gasteiger partial charge in [-0.15, -0.1) is 0 Å². The summed E-state index contributed by atoms with van der Waals surface area (Å²) in [6.07, 6.45) is 3.62. The number of nitrogens with two attached hydrogens (primary N) is 2. The molecular formula is C9H11N3O2. The number of carbonyl (C=O) groups is 1. The van der Waals surface area contributed by atoms with Crippen molar-refractivity contribution in [1.82, 2.24) is 4.98 Å². The summed E-state index contributed by atoms with van der Waals surface area (Å²) in [5, 5.41) is 0. The van der Waals surface area contributed by atoms with Crippen molar-refractivity contribution in [2.24, 2.45) is 5.73 Å². The van der Waals surface area contributed by atoms with Gasteiger partial charge in [0.25, 0.3) is 0 Å². The van der Waals surface area contributed by atoms with Gasteiger partial charge < -0.3 is 16.2 Å². The van der Waals surface area contributed by atoms with E-state index in [1.54, 1.807) is 0 Å². The summed E-state index contributed by atoms with van der Waals surface area (Å²) in [5.74, 6) is 0.212. The van der Waals surface area contributed by atoms with Crippen LogP contribution >= 0.6 is 0 Å². The molecule has 14 heavy (non-hydrogen) atoms. The molecule has 0 bridgehead atoms. The smallest absolute Gasteiger partial charge is 0.250 e. The third-order valence-electron chi connectivity index (χ3n) is 1.98. The number of nitrogen functional groups attached to an aromatic ring is 1. The summed E-state index contributed by atoms with van der Waals surface area (Å²) in [6.45, 7) is 0. The fourth-order valence-corrected chi connectivity index (χ4v) is 1.05. The third-order valence-corrected chi connectivity index (χ3v) is 1.98. The van der Waals surface area contributed by atoms with E-state index in [0.29, 0.717) is 17.1 Å². The molecule has 0 aromatic carbocycles. The number of rotatable bonds is 3. The first-order valence-corrected chi connectivity index (χ1v) is 4.39. The van der Waals surface area contributed by atoms with Crippen LogP contribution in [0.3, 0.4) is 0 Å². The van der Waals surface area contributed by atoms with Crippen LogP contribution in [0.15, 0.2) is 12.3 Å². The Hall–Kier alpha value is -1.78. The second-order valence-corrected chi connectivity index (χ2v) is 3.29. The predicted molar refractivity (Wildman–Crippen MR) is 50.8 cm³/mol. The molecule has 1 saturated carbocycles. The van der Waals surface area contributed by atoms with Crippen LogP contribution < -0.4 is 16.2 Å². The highest BCUT2D eigenvalue weighted by Crippen LogP contribution is 2.29. The number of hydrogen-bond donors (Lipinski definition) is 2. The molecular weight excluding hydrogens is 182 g/mol. The van der Waals surface area contributed by atoms with E-state index in [0.717, 1.165) is 12.8 Å². The Morgan fingerprint density at radius 2 is 2.29 bits per heavy atom. The Balaban J connectivity index is 2.26. The van der Waals surface area contributed by atoms with Crippen LogP contribution in [0.25, 0.3) is 0 Å². The van der Waals surface area contributed by atoms with Gasteiger partial charge in [-0.05, 0) is 18.9 Å². The molecule has 1 amide bonds. The number of nitrogens with zero attached hydrogens (tertiary/aromatic N) is 1. The highest BCUT2D eigenvalue weighted by atomic mass is 16.5. The summed E-state index contributed by atoms with van der Waals surface area (Å²) in [6, 6.07) is 1.53. The van der Waals surface area contributed by atoms with Crippen LogP contribution in [0.4, 0.5) is 5.82 Å². The van der Waals surface area contributed by atoms with Gasteiger partial charge in [-0.25, -0.2) is 4.98 Å². The van der Waals surface area contributed by atoms with Crippen LogP contribution in [-0.4, -0.2) is 17.0 Å². The van der Waals surface area contributed by atoms with Crippen LogP contribution in [0.2, 0.25) is 0 Å². The number of anilines is 1. The number of aromatic nitrogens is 1. The maximum absolute atomic E-state index is 10.9. The van der Waals surface area contributed by atoms with E-state index in [-0.39, 0.29) is 6.10 Å². The lowest BCUT2D eigenvalue weighted by molar-refractivity contribution is 0.0999. The predicted octanol–water partition coefficient (Wildman–Crippen LogP) is 0.304. The first-order valence-electron chi connectivity index (χ1n) is 4.39.